The fourth-order valence-corrected chi connectivity index (χ4v) is 3.45. The van der Waals surface area contributed by atoms with Crippen molar-refractivity contribution in [3.8, 4) is 0 Å². The van der Waals surface area contributed by atoms with E-state index in [1.807, 2.05) is 0 Å². The highest BCUT2D eigenvalue weighted by Gasteiger charge is 2.35. The molecule has 2 fully saturated rings. The number of halogens is 1. The van der Waals surface area contributed by atoms with Crippen molar-refractivity contribution < 1.29 is 13.9 Å². The molecule has 0 spiro atoms. The number of carbonyl (C=O) groups excluding carboxylic acids is 1. The van der Waals surface area contributed by atoms with E-state index in [0.29, 0.717) is 18.8 Å². The lowest BCUT2D eigenvalue weighted by molar-refractivity contribution is 0.0895. The van der Waals surface area contributed by atoms with Gasteiger partial charge in [0.05, 0.1) is 30.9 Å². The molecule has 3 rings (SSSR count). The minimum absolute atomic E-state index is 0.0652. The van der Waals surface area contributed by atoms with Crippen molar-refractivity contribution in [3.63, 3.8) is 0 Å². The van der Waals surface area contributed by atoms with Gasteiger partial charge in [0.1, 0.15) is 5.82 Å². The second kappa shape index (κ2) is 6.75. The Bertz CT molecular complexity index is 523. The van der Waals surface area contributed by atoms with Gasteiger partial charge in [0.2, 0.25) is 0 Å². The summed E-state index contributed by atoms with van der Waals surface area (Å²) in [6.45, 7) is 5.01. The monoisotopic (exact) mass is 306 g/mol. The number of ether oxygens (including phenoxy) is 1. The summed E-state index contributed by atoms with van der Waals surface area (Å²) in [6, 6.07) is 4.85. The van der Waals surface area contributed by atoms with Gasteiger partial charge in [0.15, 0.2) is 0 Å². The minimum atomic E-state index is -0.467. The molecule has 4 nitrogen and oxygen atoms in total. The van der Waals surface area contributed by atoms with Crippen LogP contribution < -0.4 is 5.32 Å². The lowest BCUT2D eigenvalue weighted by atomic mass is 10.0. The van der Waals surface area contributed by atoms with Crippen LogP contribution in [0.2, 0.25) is 0 Å². The average molecular weight is 306 g/mol. The SMILES string of the molecule is Cc1cccc(F)c1C(=O)N[C@H]1COC[C@@H]1N1CCCCC1. The summed E-state index contributed by atoms with van der Waals surface area (Å²) in [6.07, 6.45) is 3.67. The molecule has 2 atom stereocenters. The van der Waals surface area contributed by atoms with Crippen LogP contribution in [-0.2, 0) is 4.74 Å². The summed E-state index contributed by atoms with van der Waals surface area (Å²) in [7, 11) is 0. The molecule has 0 radical (unpaired) electrons. The zero-order chi connectivity index (χ0) is 15.5. The molecule has 22 heavy (non-hydrogen) atoms. The lowest BCUT2D eigenvalue weighted by Crippen LogP contribution is -2.52. The van der Waals surface area contributed by atoms with Gasteiger partial charge in [0, 0.05) is 0 Å². The molecule has 1 aromatic carbocycles. The fraction of sp³-hybridized carbons (Fsp3) is 0.588. The third-order valence-corrected chi connectivity index (χ3v) is 4.68. The van der Waals surface area contributed by atoms with Crippen LogP contribution in [0.3, 0.4) is 0 Å². The van der Waals surface area contributed by atoms with E-state index in [1.165, 1.54) is 25.3 Å². The summed E-state index contributed by atoms with van der Waals surface area (Å²) < 4.78 is 19.5. The Morgan fingerprint density at radius 1 is 1.27 bits per heavy atom. The molecule has 2 heterocycles. The van der Waals surface area contributed by atoms with E-state index in [2.05, 4.69) is 10.2 Å². The fourth-order valence-electron chi connectivity index (χ4n) is 3.45. The van der Waals surface area contributed by atoms with Gasteiger partial charge >= 0.3 is 0 Å². The van der Waals surface area contributed by atoms with Crippen LogP contribution in [0.25, 0.3) is 0 Å². The van der Waals surface area contributed by atoms with E-state index in [9.17, 15) is 9.18 Å². The van der Waals surface area contributed by atoms with E-state index in [4.69, 9.17) is 4.74 Å². The average Bonchev–Trinajstić information content (AvgIpc) is 2.96. The number of rotatable bonds is 3. The minimum Gasteiger partial charge on any atom is -0.378 e. The van der Waals surface area contributed by atoms with Gasteiger partial charge in [-0.25, -0.2) is 4.39 Å². The maximum absolute atomic E-state index is 13.9. The van der Waals surface area contributed by atoms with Crippen molar-refractivity contribution in [2.24, 2.45) is 0 Å². The first-order chi connectivity index (χ1) is 10.7. The van der Waals surface area contributed by atoms with Crippen LogP contribution in [0.15, 0.2) is 18.2 Å². The number of nitrogens with one attached hydrogen (secondary N) is 1. The van der Waals surface area contributed by atoms with Crippen molar-refractivity contribution >= 4 is 5.91 Å². The van der Waals surface area contributed by atoms with E-state index in [0.717, 1.165) is 13.1 Å². The Morgan fingerprint density at radius 2 is 2.05 bits per heavy atom. The summed E-state index contributed by atoms with van der Waals surface area (Å²) in [5.74, 6) is -0.806. The Labute approximate surface area is 130 Å². The van der Waals surface area contributed by atoms with Gasteiger partial charge in [-0.1, -0.05) is 18.6 Å². The van der Waals surface area contributed by atoms with E-state index in [1.54, 1.807) is 19.1 Å². The second-order valence-corrected chi connectivity index (χ2v) is 6.21. The first kappa shape index (κ1) is 15.4. The molecule has 2 aliphatic heterocycles. The molecule has 1 N–H and O–H groups in total. The summed E-state index contributed by atoms with van der Waals surface area (Å²) >= 11 is 0. The largest absolute Gasteiger partial charge is 0.378 e. The molecule has 0 aromatic heterocycles. The smallest absolute Gasteiger partial charge is 0.254 e. The molecule has 0 bridgehead atoms. The Hall–Kier alpha value is -1.46. The Balaban J connectivity index is 1.70. The number of carbonyl (C=O) groups is 1. The summed E-state index contributed by atoms with van der Waals surface area (Å²) in [4.78, 5) is 14.8. The maximum Gasteiger partial charge on any atom is 0.254 e. The highest BCUT2D eigenvalue weighted by Crippen LogP contribution is 2.20. The van der Waals surface area contributed by atoms with Crippen LogP contribution >= 0.6 is 0 Å². The molecular formula is C17H23FN2O2. The van der Waals surface area contributed by atoms with Crippen molar-refractivity contribution in [1.29, 1.82) is 0 Å². The predicted molar refractivity (Wildman–Crippen MR) is 82.4 cm³/mol. The third kappa shape index (κ3) is 3.15. The standard InChI is InChI=1S/C17H23FN2O2/c1-12-6-5-7-13(18)16(12)17(21)19-14-10-22-11-15(14)20-8-3-2-4-9-20/h5-7,14-15H,2-4,8-11H2,1H3,(H,19,21)/t14-,15-/m0/s1. The molecule has 0 saturated carbocycles. The quantitative estimate of drug-likeness (QED) is 0.930. The van der Waals surface area contributed by atoms with E-state index >= 15 is 0 Å². The first-order valence-corrected chi connectivity index (χ1v) is 8.04. The third-order valence-electron chi connectivity index (χ3n) is 4.68. The first-order valence-electron chi connectivity index (χ1n) is 8.04. The summed E-state index contributed by atoms with van der Waals surface area (Å²) in [5, 5.41) is 2.98. The topological polar surface area (TPSA) is 41.6 Å². The number of hydrogen-bond acceptors (Lipinski definition) is 3. The van der Waals surface area contributed by atoms with Crippen LogP contribution in [-0.4, -0.2) is 49.2 Å². The van der Waals surface area contributed by atoms with Crippen molar-refractivity contribution in [2.75, 3.05) is 26.3 Å². The van der Waals surface area contributed by atoms with Gasteiger partial charge < -0.3 is 10.1 Å². The van der Waals surface area contributed by atoms with Gasteiger partial charge in [-0.3, -0.25) is 9.69 Å². The normalized spacial score (nSPS) is 26.1. The van der Waals surface area contributed by atoms with Gasteiger partial charge in [-0.2, -0.15) is 0 Å². The van der Waals surface area contributed by atoms with E-state index in [-0.39, 0.29) is 23.6 Å². The van der Waals surface area contributed by atoms with Crippen LogP contribution in [0.4, 0.5) is 4.39 Å². The Kier molecular flexibility index (Phi) is 4.74. The van der Waals surface area contributed by atoms with Gasteiger partial charge in [-0.05, 0) is 44.5 Å². The zero-order valence-electron chi connectivity index (χ0n) is 13.0. The zero-order valence-corrected chi connectivity index (χ0v) is 13.0. The number of likely N-dealkylation sites (tertiary alicyclic amines) is 1. The second-order valence-electron chi connectivity index (χ2n) is 6.21. The molecule has 1 aromatic rings. The lowest BCUT2D eigenvalue weighted by Gasteiger charge is -2.34. The predicted octanol–water partition coefficient (Wildman–Crippen LogP) is 2.12. The highest BCUT2D eigenvalue weighted by molar-refractivity contribution is 5.96. The molecule has 0 aliphatic carbocycles. The van der Waals surface area contributed by atoms with Crippen LogP contribution in [0.1, 0.15) is 35.2 Å². The molecular weight excluding hydrogens is 283 g/mol. The van der Waals surface area contributed by atoms with Crippen molar-refractivity contribution in [1.82, 2.24) is 10.2 Å². The van der Waals surface area contributed by atoms with Crippen LogP contribution in [0, 0.1) is 12.7 Å². The summed E-state index contributed by atoms with van der Waals surface area (Å²) in [5.41, 5.74) is 0.803. The molecule has 2 saturated heterocycles. The number of piperidine rings is 1. The number of amides is 1. The van der Waals surface area contributed by atoms with E-state index < -0.39 is 5.82 Å². The maximum atomic E-state index is 13.9. The number of benzene rings is 1. The Morgan fingerprint density at radius 3 is 2.77 bits per heavy atom. The van der Waals surface area contributed by atoms with Gasteiger partial charge in [-0.15, -0.1) is 0 Å². The van der Waals surface area contributed by atoms with Crippen molar-refractivity contribution in [2.45, 2.75) is 38.3 Å². The number of nitrogens with zero attached hydrogens (tertiary/aromatic N) is 1. The molecule has 2 aliphatic rings. The number of hydrogen-bond donors (Lipinski definition) is 1. The van der Waals surface area contributed by atoms with Crippen molar-refractivity contribution in [3.05, 3.63) is 35.1 Å². The van der Waals surface area contributed by atoms with Crippen LogP contribution in [0.5, 0.6) is 0 Å². The molecule has 120 valence electrons. The molecule has 5 heteroatoms. The number of aryl methyl sites for hydroxylation is 1. The molecule has 0 unspecified atom stereocenters. The highest BCUT2D eigenvalue weighted by atomic mass is 19.1. The van der Waals surface area contributed by atoms with Gasteiger partial charge in [0.25, 0.3) is 5.91 Å². The molecule has 1 amide bonds.